The minimum atomic E-state index is 0.0495. The Labute approximate surface area is 123 Å². The molecule has 4 rings (SSSR count). The smallest absolute Gasteiger partial charge is 0.270 e. The minimum Gasteiger partial charge on any atom is -0.497 e. The van der Waals surface area contributed by atoms with Crippen molar-refractivity contribution in [3.63, 3.8) is 0 Å². The number of aromatic nitrogens is 2. The van der Waals surface area contributed by atoms with Gasteiger partial charge in [0.2, 0.25) is 0 Å². The van der Waals surface area contributed by atoms with Crippen LogP contribution < -0.4 is 19.6 Å². The van der Waals surface area contributed by atoms with Gasteiger partial charge in [0, 0.05) is 29.2 Å². The van der Waals surface area contributed by atoms with E-state index in [9.17, 15) is 4.79 Å². The second kappa shape index (κ2) is 4.60. The zero-order valence-electron chi connectivity index (χ0n) is 11.4. The second-order valence-corrected chi connectivity index (χ2v) is 5.90. The lowest BCUT2D eigenvalue weighted by molar-refractivity contribution is 0.415. The van der Waals surface area contributed by atoms with Crippen LogP contribution in [0.3, 0.4) is 0 Å². The van der Waals surface area contributed by atoms with Crippen LogP contribution in [0.15, 0.2) is 34.2 Å². The normalized spacial score (nSPS) is 14.4. The zero-order valence-corrected chi connectivity index (χ0v) is 12.2. The Hall–Kier alpha value is -2.34. The molecule has 0 aliphatic carbocycles. The van der Waals surface area contributed by atoms with Gasteiger partial charge in [-0.2, -0.15) is 0 Å². The highest BCUT2D eigenvalue weighted by atomic mass is 32.1. The van der Waals surface area contributed by atoms with Crippen LogP contribution in [0.25, 0.3) is 17.0 Å². The quantitative estimate of drug-likeness (QED) is 0.763. The third-order valence-electron chi connectivity index (χ3n) is 3.67. The molecule has 0 saturated carbocycles. The van der Waals surface area contributed by atoms with E-state index in [1.54, 1.807) is 11.7 Å². The number of nitrogens with zero attached hydrogens (tertiary/aromatic N) is 2. The maximum Gasteiger partial charge on any atom is 0.270 e. The fraction of sp³-hybridized carbons (Fsp3) is 0.200. The van der Waals surface area contributed by atoms with Gasteiger partial charge in [-0.1, -0.05) is 11.3 Å². The fourth-order valence-corrected chi connectivity index (χ4v) is 3.60. The first-order valence-electron chi connectivity index (χ1n) is 6.67. The van der Waals surface area contributed by atoms with E-state index < -0.39 is 0 Å². The lowest BCUT2D eigenvalue weighted by Crippen LogP contribution is -2.29. The van der Waals surface area contributed by atoms with Gasteiger partial charge in [-0.15, -0.1) is 0 Å². The number of thiazole rings is 1. The molecule has 0 radical (unpaired) electrons. The molecule has 106 valence electrons. The molecule has 1 aliphatic heterocycles. The Bertz CT molecular complexity index is 1010. The number of rotatable bonds is 2. The highest BCUT2D eigenvalue weighted by molar-refractivity contribution is 7.07. The number of nitrogens with one attached hydrogen (secondary N) is 1. The summed E-state index contributed by atoms with van der Waals surface area (Å²) in [5, 5.41) is 1.05. The highest BCUT2D eigenvalue weighted by Crippen LogP contribution is 2.23. The first kappa shape index (κ1) is 12.4. The van der Waals surface area contributed by atoms with Crippen molar-refractivity contribution >= 4 is 28.3 Å². The molecular weight excluding hydrogens is 286 g/mol. The largest absolute Gasteiger partial charge is 0.497 e. The van der Waals surface area contributed by atoms with E-state index in [1.165, 1.54) is 11.3 Å². The Morgan fingerprint density at radius 1 is 1.48 bits per heavy atom. The number of benzene rings is 1. The lowest BCUT2D eigenvalue weighted by Gasteiger charge is -1.99. The van der Waals surface area contributed by atoms with E-state index in [1.807, 2.05) is 30.5 Å². The van der Waals surface area contributed by atoms with E-state index in [0.717, 1.165) is 31.5 Å². The molecule has 6 heteroatoms. The predicted octanol–water partition coefficient (Wildman–Crippen LogP) is 0.862. The molecule has 5 nitrogen and oxygen atoms in total. The minimum absolute atomic E-state index is 0.0495. The Kier molecular flexibility index (Phi) is 2.71. The molecule has 0 amide bonds. The molecule has 1 aliphatic rings. The molecule has 0 saturated heterocycles. The Morgan fingerprint density at radius 3 is 3.19 bits per heavy atom. The van der Waals surface area contributed by atoms with Crippen molar-refractivity contribution in [3.8, 4) is 5.75 Å². The van der Waals surface area contributed by atoms with Gasteiger partial charge in [0.1, 0.15) is 5.75 Å². The molecule has 0 atom stereocenters. The summed E-state index contributed by atoms with van der Waals surface area (Å²) in [5.41, 5.74) is 2.06. The van der Waals surface area contributed by atoms with Gasteiger partial charge < -0.3 is 9.72 Å². The summed E-state index contributed by atoms with van der Waals surface area (Å²) in [6.45, 7) is 1.41. The molecule has 2 aromatic heterocycles. The van der Waals surface area contributed by atoms with Crippen LogP contribution in [0.4, 0.5) is 0 Å². The Balaban J connectivity index is 1.95. The SMILES string of the molecule is COc1ccc2[nH]cc(/C=c3/sc4n(c3=O)CCN=4)c2c1. The molecule has 0 unspecified atom stereocenters. The maximum absolute atomic E-state index is 12.3. The lowest BCUT2D eigenvalue weighted by atomic mass is 10.1. The van der Waals surface area contributed by atoms with Crippen LogP contribution in [0, 0.1) is 0 Å². The summed E-state index contributed by atoms with van der Waals surface area (Å²) in [7, 11) is 1.65. The van der Waals surface area contributed by atoms with Gasteiger partial charge in [-0.05, 0) is 24.3 Å². The standard InChI is InChI=1S/C15H13N3O2S/c1-20-10-2-3-12-11(7-10)9(8-17-12)6-13-14(19)18-5-4-16-15(18)21-13/h2-3,6-8,17H,4-5H2,1H3/b13-6+. The number of aromatic amines is 1. The number of hydrogen-bond donors (Lipinski definition) is 1. The second-order valence-electron chi connectivity index (χ2n) is 4.89. The van der Waals surface area contributed by atoms with Gasteiger partial charge in [0.05, 0.1) is 18.2 Å². The first-order valence-corrected chi connectivity index (χ1v) is 7.49. The van der Waals surface area contributed by atoms with Crippen molar-refractivity contribution < 1.29 is 4.74 Å². The van der Waals surface area contributed by atoms with E-state index in [0.29, 0.717) is 13.1 Å². The van der Waals surface area contributed by atoms with Crippen LogP contribution in [0.2, 0.25) is 0 Å². The predicted molar refractivity (Wildman–Crippen MR) is 82.6 cm³/mol. The first-order chi connectivity index (χ1) is 10.3. The number of methoxy groups -OCH3 is 1. The van der Waals surface area contributed by atoms with E-state index in [-0.39, 0.29) is 5.56 Å². The third kappa shape index (κ3) is 1.91. The molecule has 3 heterocycles. The van der Waals surface area contributed by atoms with Crippen LogP contribution in [0.1, 0.15) is 5.56 Å². The van der Waals surface area contributed by atoms with Crippen LogP contribution in [-0.4, -0.2) is 23.2 Å². The van der Waals surface area contributed by atoms with Crippen LogP contribution >= 0.6 is 11.3 Å². The van der Waals surface area contributed by atoms with Crippen LogP contribution in [-0.2, 0) is 6.54 Å². The van der Waals surface area contributed by atoms with Gasteiger partial charge in [-0.3, -0.25) is 14.4 Å². The molecule has 3 aromatic rings. The van der Waals surface area contributed by atoms with Gasteiger partial charge in [0.15, 0.2) is 4.80 Å². The topological polar surface area (TPSA) is 59.4 Å². The summed E-state index contributed by atoms with van der Waals surface area (Å²) in [5.74, 6) is 0.803. The summed E-state index contributed by atoms with van der Waals surface area (Å²) < 4.78 is 7.73. The van der Waals surface area contributed by atoms with Crippen molar-refractivity contribution in [2.24, 2.45) is 4.99 Å². The molecule has 21 heavy (non-hydrogen) atoms. The van der Waals surface area contributed by atoms with Gasteiger partial charge in [-0.25, -0.2) is 0 Å². The monoisotopic (exact) mass is 299 g/mol. The molecule has 0 bridgehead atoms. The zero-order chi connectivity index (χ0) is 14.4. The molecule has 0 spiro atoms. The molecule has 1 N–H and O–H groups in total. The molecule has 0 fully saturated rings. The van der Waals surface area contributed by atoms with Crippen molar-refractivity contribution in [3.05, 3.63) is 49.6 Å². The summed E-state index contributed by atoms with van der Waals surface area (Å²) in [4.78, 5) is 20.7. The number of hydrogen-bond acceptors (Lipinski definition) is 4. The summed E-state index contributed by atoms with van der Waals surface area (Å²) in [6, 6.07) is 5.86. The van der Waals surface area contributed by atoms with Crippen molar-refractivity contribution in [2.45, 2.75) is 6.54 Å². The fourth-order valence-electron chi connectivity index (χ4n) is 2.58. The van der Waals surface area contributed by atoms with Crippen molar-refractivity contribution in [2.75, 3.05) is 13.7 Å². The molecular formula is C15H13N3O2S. The van der Waals surface area contributed by atoms with E-state index in [2.05, 4.69) is 9.98 Å². The number of ether oxygens (including phenoxy) is 1. The number of H-pyrrole nitrogens is 1. The third-order valence-corrected chi connectivity index (χ3v) is 4.71. The Morgan fingerprint density at radius 2 is 2.38 bits per heavy atom. The van der Waals surface area contributed by atoms with E-state index >= 15 is 0 Å². The number of fused-ring (bicyclic) bond motifs is 2. The van der Waals surface area contributed by atoms with Crippen molar-refractivity contribution in [1.82, 2.24) is 9.55 Å². The van der Waals surface area contributed by atoms with Crippen LogP contribution in [0.5, 0.6) is 5.75 Å². The average molecular weight is 299 g/mol. The molecule has 1 aromatic carbocycles. The average Bonchev–Trinajstić information content (AvgIpc) is 3.18. The van der Waals surface area contributed by atoms with Gasteiger partial charge >= 0.3 is 0 Å². The summed E-state index contributed by atoms with van der Waals surface area (Å²) in [6.07, 6.45) is 3.84. The van der Waals surface area contributed by atoms with Gasteiger partial charge in [0.25, 0.3) is 5.56 Å². The maximum atomic E-state index is 12.3. The van der Waals surface area contributed by atoms with Crippen molar-refractivity contribution in [1.29, 1.82) is 0 Å². The summed E-state index contributed by atoms with van der Waals surface area (Å²) >= 11 is 1.45. The highest BCUT2D eigenvalue weighted by Gasteiger charge is 2.10. The van der Waals surface area contributed by atoms with E-state index in [4.69, 9.17) is 4.74 Å².